The number of hydrogen-bond donors (Lipinski definition) is 1. The third kappa shape index (κ3) is 5.21. The average Bonchev–Trinajstić information content (AvgIpc) is 2.44. The molecule has 2 atom stereocenters. The number of rotatable bonds is 9. The fraction of sp³-hybridized carbons (Fsp3) is 0.625. The highest BCUT2D eigenvalue weighted by molar-refractivity contribution is 5.36. The molecule has 2 unspecified atom stereocenters. The van der Waals surface area contributed by atoms with Crippen molar-refractivity contribution in [2.75, 3.05) is 33.4 Å². The number of hydrogen-bond acceptors (Lipinski definition) is 3. The van der Waals surface area contributed by atoms with Gasteiger partial charge in [0.1, 0.15) is 12.4 Å². The van der Waals surface area contributed by atoms with E-state index in [0.717, 1.165) is 18.8 Å². The van der Waals surface area contributed by atoms with Gasteiger partial charge >= 0.3 is 0 Å². The molecule has 0 fully saturated rings. The van der Waals surface area contributed by atoms with Crippen molar-refractivity contribution in [2.45, 2.75) is 26.7 Å². The molecular formula is C16H27NO2. The first-order chi connectivity index (χ1) is 9.20. The van der Waals surface area contributed by atoms with Crippen LogP contribution in [0.1, 0.15) is 32.3 Å². The van der Waals surface area contributed by atoms with Crippen LogP contribution in [0.3, 0.4) is 0 Å². The summed E-state index contributed by atoms with van der Waals surface area (Å²) >= 11 is 0. The van der Waals surface area contributed by atoms with Gasteiger partial charge in [-0.15, -0.1) is 0 Å². The molecule has 0 amide bonds. The highest BCUT2D eigenvalue weighted by Gasteiger charge is 2.17. The second-order valence-electron chi connectivity index (χ2n) is 4.95. The van der Waals surface area contributed by atoms with E-state index in [1.807, 2.05) is 12.1 Å². The van der Waals surface area contributed by atoms with E-state index in [2.05, 4.69) is 38.2 Å². The van der Waals surface area contributed by atoms with Crippen molar-refractivity contribution >= 4 is 0 Å². The predicted molar refractivity (Wildman–Crippen MR) is 79.9 cm³/mol. The number of methoxy groups -OCH3 is 1. The lowest BCUT2D eigenvalue weighted by atomic mass is 9.88. The van der Waals surface area contributed by atoms with Gasteiger partial charge in [0.05, 0.1) is 6.61 Å². The first-order valence-electron chi connectivity index (χ1n) is 7.12. The van der Waals surface area contributed by atoms with E-state index in [4.69, 9.17) is 9.47 Å². The van der Waals surface area contributed by atoms with Crippen molar-refractivity contribution in [3.63, 3.8) is 0 Å². The lowest BCUT2D eigenvalue weighted by Crippen LogP contribution is -2.24. The van der Waals surface area contributed by atoms with E-state index in [9.17, 15) is 0 Å². The number of ether oxygens (including phenoxy) is 2. The van der Waals surface area contributed by atoms with Crippen LogP contribution >= 0.6 is 0 Å². The quantitative estimate of drug-likeness (QED) is 0.696. The van der Waals surface area contributed by atoms with Crippen LogP contribution < -0.4 is 10.1 Å². The monoisotopic (exact) mass is 265 g/mol. The van der Waals surface area contributed by atoms with E-state index in [-0.39, 0.29) is 0 Å². The molecule has 0 aromatic heterocycles. The van der Waals surface area contributed by atoms with Gasteiger partial charge in [-0.2, -0.15) is 0 Å². The first kappa shape index (κ1) is 16.0. The fourth-order valence-corrected chi connectivity index (χ4v) is 2.08. The Labute approximate surface area is 117 Å². The fourth-order valence-electron chi connectivity index (χ4n) is 2.08. The van der Waals surface area contributed by atoms with E-state index in [0.29, 0.717) is 25.0 Å². The molecule has 1 aromatic rings. The van der Waals surface area contributed by atoms with Crippen LogP contribution in [0.4, 0.5) is 0 Å². The Balaban J connectivity index is 2.69. The van der Waals surface area contributed by atoms with Crippen LogP contribution in [0.5, 0.6) is 5.75 Å². The zero-order valence-electron chi connectivity index (χ0n) is 12.6. The third-order valence-corrected chi connectivity index (χ3v) is 3.52. The van der Waals surface area contributed by atoms with Gasteiger partial charge in [0.25, 0.3) is 0 Å². The minimum Gasteiger partial charge on any atom is -0.491 e. The number of nitrogens with one attached hydrogen (secondary N) is 1. The number of para-hydroxylation sites is 1. The average molecular weight is 265 g/mol. The summed E-state index contributed by atoms with van der Waals surface area (Å²) in [5, 5.41) is 3.41. The zero-order valence-corrected chi connectivity index (χ0v) is 12.6. The van der Waals surface area contributed by atoms with Crippen molar-refractivity contribution in [3.8, 4) is 5.75 Å². The van der Waals surface area contributed by atoms with E-state index in [1.54, 1.807) is 7.11 Å². The Morgan fingerprint density at radius 3 is 2.58 bits per heavy atom. The van der Waals surface area contributed by atoms with Gasteiger partial charge in [-0.1, -0.05) is 39.0 Å². The minimum atomic E-state index is 0.470. The molecule has 19 heavy (non-hydrogen) atoms. The molecule has 1 rings (SSSR count). The molecule has 1 aromatic carbocycles. The van der Waals surface area contributed by atoms with Gasteiger partial charge in [-0.05, 0) is 36.6 Å². The molecule has 0 aliphatic heterocycles. The molecular weight excluding hydrogens is 238 g/mol. The second kappa shape index (κ2) is 8.94. The van der Waals surface area contributed by atoms with Gasteiger partial charge in [-0.25, -0.2) is 0 Å². The molecule has 3 nitrogen and oxygen atoms in total. The normalized spacial score (nSPS) is 14.1. The van der Waals surface area contributed by atoms with E-state index >= 15 is 0 Å². The summed E-state index contributed by atoms with van der Waals surface area (Å²) in [5.74, 6) is 2.03. The summed E-state index contributed by atoms with van der Waals surface area (Å²) in [7, 11) is 1.69. The Hall–Kier alpha value is -1.06. The Bertz CT molecular complexity index is 354. The highest BCUT2D eigenvalue weighted by atomic mass is 16.5. The van der Waals surface area contributed by atoms with Gasteiger partial charge in [-0.3, -0.25) is 0 Å². The SMILES string of the molecule is CCNCC(C)C(C)c1ccccc1OCCOC. The van der Waals surface area contributed by atoms with Crippen LogP contribution in [0.15, 0.2) is 24.3 Å². The Morgan fingerprint density at radius 2 is 1.89 bits per heavy atom. The molecule has 0 heterocycles. The van der Waals surface area contributed by atoms with Gasteiger partial charge in [0.2, 0.25) is 0 Å². The molecule has 0 saturated carbocycles. The van der Waals surface area contributed by atoms with Gasteiger partial charge < -0.3 is 14.8 Å². The maximum Gasteiger partial charge on any atom is 0.122 e. The van der Waals surface area contributed by atoms with Crippen molar-refractivity contribution < 1.29 is 9.47 Å². The van der Waals surface area contributed by atoms with Crippen LogP contribution in [-0.2, 0) is 4.74 Å². The zero-order chi connectivity index (χ0) is 14.1. The molecule has 0 saturated heterocycles. The predicted octanol–water partition coefficient (Wildman–Crippen LogP) is 3.06. The van der Waals surface area contributed by atoms with E-state index in [1.165, 1.54) is 5.56 Å². The van der Waals surface area contributed by atoms with Crippen molar-refractivity contribution in [1.82, 2.24) is 5.32 Å². The van der Waals surface area contributed by atoms with Crippen LogP contribution in [0, 0.1) is 5.92 Å². The molecule has 0 aliphatic rings. The smallest absolute Gasteiger partial charge is 0.122 e. The third-order valence-electron chi connectivity index (χ3n) is 3.52. The number of benzene rings is 1. The van der Waals surface area contributed by atoms with Gasteiger partial charge in [0.15, 0.2) is 0 Å². The summed E-state index contributed by atoms with van der Waals surface area (Å²) in [6, 6.07) is 8.30. The van der Waals surface area contributed by atoms with Crippen molar-refractivity contribution in [2.24, 2.45) is 5.92 Å². The summed E-state index contributed by atoms with van der Waals surface area (Å²) < 4.78 is 10.8. The standard InChI is InChI=1S/C16H27NO2/c1-5-17-12-13(2)14(3)15-8-6-7-9-16(15)19-11-10-18-4/h6-9,13-14,17H,5,10-12H2,1-4H3. The van der Waals surface area contributed by atoms with Crippen molar-refractivity contribution in [1.29, 1.82) is 0 Å². The Kier molecular flexibility index (Phi) is 7.53. The molecule has 0 aliphatic carbocycles. The first-order valence-corrected chi connectivity index (χ1v) is 7.12. The van der Waals surface area contributed by atoms with Crippen LogP contribution in [0.2, 0.25) is 0 Å². The molecule has 1 N–H and O–H groups in total. The van der Waals surface area contributed by atoms with Gasteiger partial charge in [0, 0.05) is 7.11 Å². The van der Waals surface area contributed by atoms with Crippen LogP contribution in [0.25, 0.3) is 0 Å². The highest BCUT2D eigenvalue weighted by Crippen LogP contribution is 2.31. The molecule has 0 radical (unpaired) electrons. The summed E-state index contributed by atoms with van der Waals surface area (Å²) in [5.41, 5.74) is 1.28. The molecule has 0 spiro atoms. The topological polar surface area (TPSA) is 30.5 Å². The largest absolute Gasteiger partial charge is 0.491 e. The maximum absolute atomic E-state index is 5.81. The summed E-state index contributed by atoms with van der Waals surface area (Å²) in [4.78, 5) is 0. The summed E-state index contributed by atoms with van der Waals surface area (Å²) in [6.07, 6.45) is 0. The Morgan fingerprint density at radius 1 is 1.16 bits per heavy atom. The lowest BCUT2D eigenvalue weighted by Gasteiger charge is -2.23. The maximum atomic E-state index is 5.81. The molecule has 108 valence electrons. The summed E-state index contributed by atoms with van der Waals surface area (Å²) in [6.45, 7) is 9.95. The van der Waals surface area contributed by atoms with Crippen molar-refractivity contribution in [3.05, 3.63) is 29.8 Å². The van der Waals surface area contributed by atoms with E-state index < -0.39 is 0 Å². The molecule has 3 heteroatoms. The lowest BCUT2D eigenvalue weighted by molar-refractivity contribution is 0.145. The van der Waals surface area contributed by atoms with Crippen LogP contribution in [-0.4, -0.2) is 33.4 Å². The minimum absolute atomic E-state index is 0.470. The molecule has 0 bridgehead atoms. The second-order valence-corrected chi connectivity index (χ2v) is 4.95.